The van der Waals surface area contributed by atoms with Crippen LogP contribution in [0.1, 0.15) is 22.0 Å². The molecule has 1 unspecified atom stereocenters. The molecule has 0 saturated heterocycles. The number of imidazole rings is 1. The fourth-order valence-electron chi connectivity index (χ4n) is 2.90. The Balaban J connectivity index is 1.46. The molecule has 4 rings (SSSR count). The van der Waals surface area contributed by atoms with E-state index in [0.717, 1.165) is 27.4 Å². The second-order valence-corrected chi connectivity index (χ2v) is 5.97. The quantitative estimate of drug-likeness (QED) is 0.537. The van der Waals surface area contributed by atoms with Crippen molar-refractivity contribution in [1.82, 2.24) is 15.3 Å². The number of hydrogen-bond donors (Lipinski definition) is 3. The summed E-state index contributed by atoms with van der Waals surface area (Å²) in [4.78, 5) is 19.4. The number of amides is 1. The van der Waals surface area contributed by atoms with Crippen molar-refractivity contribution < 1.29 is 9.90 Å². The Hall–Kier alpha value is -3.18. The predicted octanol–water partition coefficient (Wildman–Crippen LogP) is 3.18. The summed E-state index contributed by atoms with van der Waals surface area (Å²) in [6.07, 6.45) is 0.833. The van der Waals surface area contributed by atoms with E-state index in [-0.39, 0.29) is 12.5 Å². The number of nitrogens with one attached hydrogen (secondary N) is 2. The van der Waals surface area contributed by atoms with Crippen LogP contribution in [-0.4, -0.2) is 27.5 Å². The van der Waals surface area contributed by atoms with Crippen LogP contribution in [0.2, 0.25) is 0 Å². The van der Waals surface area contributed by atoms with Gasteiger partial charge < -0.3 is 15.4 Å². The number of carbonyl (C=O) groups excluding carboxylic acids is 1. The van der Waals surface area contributed by atoms with E-state index < -0.39 is 6.10 Å². The highest BCUT2D eigenvalue weighted by molar-refractivity contribution is 5.97. The molecule has 0 saturated carbocycles. The van der Waals surface area contributed by atoms with Crippen molar-refractivity contribution in [2.24, 2.45) is 0 Å². The Morgan fingerprint density at radius 3 is 2.80 bits per heavy atom. The third kappa shape index (κ3) is 3.09. The van der Waals surface area contributed by atoms with Gasteiger partial charge in [-0.25, -0.2) is 4.98 Å². The molecule has 0 aliphatic carbocycles. The summed E-state index contributed by atoms with van der Waals surface area (Å²) in [7, 11) is 0. The van der Waals surface area contributed by atoms with E-state index in [9.17, 15) is 9.90 Å². The maximum Gasteiger partial charge on any atom is 0.251 e. The fourth-order valence-corrected chi connectivity index (χ4v) is 2.90. The maximum absolute atomic E-state index is 12.3. The lowest BCUT2D eigenvalue weighted by molar-refractivity contribution is 0.0916. The molecular weight excluding hydrogens is 314 g/mol. The third-order valence-corrected chi connectivity index (χ3v) is 4.30. The number of hydrogen-bond acceptors (Lipinski definition) is 3. The van der Waals surface area contributed by atoms with Gasteiger partial charge in [0, 0.05) is 12.1 Å². The molecule has 0 spiro atoms. The lowest BCUT2D eigenvalue weighted by Gasteiger charge is -2.13. The number of aromatic amines is 1. The van der Waals surface area contributed by atoms with Crippen molar-refractivity contribution in [3.05, 3.63) is 78.1 Å². The van der Waals surface area contributed by atoms with Gasteiger partial charge in [0.2, 0.25) is 0 Å². The van der Waals surface area contributed by atoms with Gasteiger partial charge in [-0.15, -0.1) is 0 Å². The highest BCUT2D eigenvalue weighted by atomic mass is 16.3. The van der Waals surface area contributed by atoms with Gasteiger partial charge >= 0.3 is 0 Å². The molecular formula is C20H17N3O2. The summed E-state index contributed by atoms with van der Waals surface area (Å²) in [6, 6.07) is 19.0. The first-order valence-corrected chi connectivity index (χ1v) is 8.09. The molecule has 3 N–H and O–H groups in total. The number of fused-ring (bicyclic) bond motifs is 2. The Kier molecular flexibility index (Phi) is 3.91. The highest BCUT2D eigenvalue weighted by Gasteiger charge is 2.12. The monoisotopic (exact) mass is 331 g/mol. The van der Waals surface area contributed by atoms with Gasteiger partial charge in [-0.1, -0.05) is 36.4 Å². The molecule has 1 aromatic heterocycles. The smallest absolute Gasteiger partial charge is 0.251 e. The second kappa shape index (κ2) is 6.37. The number of nitrogens with zero attached hydrogens (tertiary/aromatic N) is 1. The molecule has 1 heterocycles. The zero-order valence-electron chi connectivity index (χ0n) is 13.4. The summed E-state index contributed by atoms with van der Waals surface area (Å²) in [5.41, 5.74) is 2.93. The summed E-state index contributed by atoms with van der Waals surface area (Å²) in [6.45, 7) is 0.151. The number of carbonyl (C=O) groups is 1. The molecule has 0 radical (unpaired) electrons. The van der Waals surface area contributed by atoms with Gasteiger partial charge in [0.05, 0.1) is 23.5 Å². The summed E-state index contributed by atoms with van der Waals surface area (Å²) in [5, 5.41) is 15.3. The molecule has 1 amide bonds. The van der Waals surface area contributed by atoms with E-state index in [0.29, 0.717) is 5.56 Å². The van der Waals surface area contributed by atoms with Crippen LogP contribution in [0.3, 0.4) is 0 Å². The molecule has 25 heavy (non-hydrogen) atoms. The lowest BCUT2D eigenvalue weighted by atomic mass is 10.0. The largest absolute Gasteiger partial charge is 0.387 e. The minimum Gasteiger partial charge on any atom is -0.387 e. The van der Waals surface area contributed by atoms with Crippen LogP contribution in [0.4, 0.5) is 0 Å². The van der Waals surface area contributed by atoms with Gasteiger partial charge in [0.15, 0.2) is 0 Å². The standard InChI is InChI=1S/C20H17N3O2/c24-19(15-6-5-13-3-1-2-4-14(13)9-15)11-21-20(25)16-7-8-17-18(10-16)23-12-22-17/h1-10,12,19,24H,11H2,(H,21,25)(H,22,23). The van der Waals surface area contributed by atoms with E-state index in [1.54, 1.807) is 24.5 Å². The first-order valence-electron chi connectivity index (χ1n) is 8.09. The minimum atomic E-state index is -0.760. The average Bonchev–Trinajstić information content (AvgIpc) is 3.13. The summed E-state index contributed by atoms with van der Waals surface area (Å²) < 4.78 is 0. The van der Waals surface area contributed by atoms with Crippen molar-refractivity contribution in [2.75, 3.05) is 6.54 Å². The highest BCUT2D eigenvalue weighted by Crippen LogP contribution is 2.20. The van der Waals surface area contributed by atoms with Crippen molar-refractivity contribution in [1.29, 1.82) is 0 Å². The molecule has 0 aliphatic rings. The van der Waals surface area contributed by atoms with Crippen LogP contribution in [0, 0.1) is 0 Å². The number of H-pyrrole nitrogens is 1. The number of aromatic nitrogens is 2. The van der Waals surface area contributed by atoms with Crippen LogP contribution in [0.25, 0.3) is 21.8 Å². The molecule has 3 aromatic carbocycles. The van der Waals surface area contributed by atoms with E-state index in [1.807, 2.05) is 42.5 Å². The zero-order chi connectivity index (χ0) is 17.2. The Morgan fingerprint density at radius 2 is 1.92 bits per heavy atom. The van der Waals surface area contributed by atoms with Crippen molar-refractivity contribution >= 4 is 27.7 Å². The SMILES string of the molecule is O=C(NCC(O)c1ccc2ccccc2c1)c1ccc2nc[nH]c2c1. The molecule has 0 bridgehead atoms. The van der Waals surface area contributed by atoms with Gasteiger partial charge in [0.1, 0.15) is 0 Å². The molecule has 0 aliphatic heterocycles. The van der Waals surface area contributed by atoms with Crippen LogP contribution >= 0.6 is 0 Å². The number of benzene rings is 3. The number of aliphatic hydroxyl groups is 1. The first kappa shape index (κ1) is 15.4. The van der Waals surface area contributed by atoms with E-state index in [2.05, 4.69) is 15.3 Å². The summed E-state index contributed by atoms with van der Waals surface area (Å²) >= 11 is 0. The number of aliphatic hydroxyl groups excluding tert-OH is 1. The Bertz CT molecular complexity index is 1050. The molecule has 0 fully saturated rings. The minimum absolute atomic E-state index is 0.151. The van der Waals surface area contributed by atoms with E-state index in [4.69, 9.17) is 0 Å². The van der Waals surface area contributed by atoms with Crippen molar-refractivity contribution in [2.45, 2.75) is 6.10 Å². The van der Waals surface area contributed by atoms with Gasteiger partial charge in [-0.05, 0) is 40.6 Å². The maximum atomic E-state index is 12.3. The van der Waals surface area contributed by atoms with E-state index in [1.165, 1.54) is 0 Å². The van der Waals surface area contributed by atoms with E-state index >= 15 is 0 Å². The topological polar surface area (TPSA) is 78.0 Å². The molecule has 5 nitrogen and oxygen atoms in total. The molecule has 1 atom stereocenters. The Morgan fingerprint density at radius 1 is 1.08 bits per heavy atom. The average molecular weight is 331 g/mol. The van der Waals surface area contributed by atoms with Crippen LogP contribution in [-0.2, 0) is 0 Å². The van der Waals surface area contributed by atoms with Gasteiger partial charge in [-0.2, -0.15) is 0 Å². The first-order chi connectivity index (χ1) is 12.2. The lowest BCUT2D eigenvalue weighted by Crippen LogP contribution is -2.28. The van der Waals surface area contributed by atoms with Crippen LogP contribution in [0.15, 0.2) is 67.0 Å². The summed E-state index contributed by atoms with van der Waals surface area (Å²) in [5.74, 6) is -0.226. The molecule has 124 valence electrons. The normalized spacial score (nSPS) is 12.4. The van der Waals surface area contributed by atoms with Gasteiger partial charge in [-0.3, -0.25) is 4.79 Å². The van der Waals surface area contributed by atoms with Crippen LogP contribution < -0.4 is 5.32 Å². The fraction of sp³-hybridized carbons (Fsp3) is 0.100. The van der Waals surface area contributed by atoms with Crippen LogP contribution in [0.5, 0.6) is 0 Å². The van der Waals surface area contributed by atoms with Gasteiger partial charge in [0.25, 0.3) is 5.91 Å². The van der Waals surface area contributed by atoms with Crippen molar-refractivity contribution in [3.63, 3.8) is 0 Å². The zero-order valence-corrected chi connectivity index (χ0v) is 13.4. The van der Waals surface area contributed by atoms with Crippen molar-refractivity contribution in [3.8, 4) is 0 Å². The predicted molar refractivity (Wildman–Crippen MR) is 97.3 cm³/mol. The third-order valence-electron chi connectivity index (χ3n) is 4.30. The Labute approximate surface area is 144 Å². The molecule has 5 heteroatoms. The second-order valence-electron chi connectivity index (χ2n) is 5.97. The molecule has 4 aromatic rings. The number of rotatable bonds is 4.